The SMILES string of the molecule is O=C(/C=C/c1ccc([N+](=O)[O-])cc1)Nc1ccc(-c2ccc(N3CCCCC3)nn2)cc1. The van der Waals surface area contributed by atoms with Crippen LogP contribution in [-0.2, 0) is 4.79 Å². The molecule has 1 aromatic heterocycles. The Morgan fingerprint density at radius 2 is 1.66 bits per heavy atom. The summed E-state index contributed by atoms with van der Waals surface area (Å²) in [4.78, 5) is 24.7. The number of nitro groups is 1. The summed E-state index contributed by atoms with van der Waals surface area (Å²) in [6, 6.07) is 17.4. The number of benzene rings is 2. The fraction of sp³-hybridized carbons (Fsp3) is 0.208. The molecule has 0 atom stereocenters. The molecule has 1 fully saturated rings. The predicted octanol–water partition coefficient (Wildman–Crippen LogP) is 4.69. The number of nitro benzene ring substituents is 1. The Balaban J connectivity index is 1.35. The van der Waals surface area contributed by atoms with Gasteiger partial charge in [-0.05, 0) is 67.3 Å². The fourth-order valence-corrected chi connectivity index (χ4v) is 3.56. The van der Waals surface area contributed by atoms with Crippen molar-refractivity contribution >= 4 is 29.2 Å². The number of piperidine rings is 1. The minimum Gasteiger partial charge on any atom is -0.355 e. The monoisotopic (exact) mass is 429 g/mol. The van der Waals surface area contributed by atoms with Gasteiger partial charge >= 0.3 is 0 Å². The maximum absolute atomic E-state index is 12.2. The highest BCUT2D eigenvalue weighted by Crippen LogP contribution is 2.22. The van der Waals surface area contributed by atoms with Crippen LogP contribution in [0.4, 0.5) is 17.2 Å². The molecule has 0 bridgehead atoms. The number of hydrogen-bond acceptors (Lipinski definition) is 6. The molecule has 32 heavy (non-hydrogen) atoms. The smallest absolute Gasteiger partial charge is 0.269 e. The molecule has 0 saturated carbocycles. The summed E-state index contributed by atoms with van der Waals surface area (Å²) >= 11 is 0. The van der Waals surface area contributed by atoms with Crippen LogP contribution in [0.2, 0.25) is 0 Å². The van der Waals surface area contributed by atoms with Crippen molar-refractivity contribution in [3.63, 3.8) is 0 Å². The van der Waals surface area contributed by atoms with E-state index in [1.807, 2.05) is 36.4 Å². The van der Waals surface area contributed by atoms with Crippen LogP contribution < -0.4 is 10.2 Å². The van der Waals surface area contributed by atoms with Gasteiger partial charge in [0.15, 0.2) is 5.82 Å². The molecule has 8 heteroatoms. The van der Waals surface area contributed by atoms with Gasteiger partial charge in [0.25, 0.3) is 5.69 Å². The molecule has 0 spiro atoms. The first-order valence-corrected chi connectivity index (χ1v) is 10.5. The first-order chi connectivity index (χ1) is 15.6. The van der Waals surface area contributed by atoms with Gasteiger partial charge in [-0.3, -0.25) is 14.9 Å². The molecule has 0 unspecified atom stereocenters. The topological polar surface area (TPSA) is 101 Å². The Bertz CT molecular complexity index is 1100. The van der Waals surface area contributed by atoms with Crippen molar-refractivity contribution in [3.05, 3.63) is 82.4 Å². The zero-order chi connectivity index (χ0) is 22.3. The van der Waals surface area contributed by atoms with Crippen molar-refractivity contribution in [2.45, 2.75) is 19.3 Å². The molecule has 1 saturated heterocycles. The Morgan fingerprint density at radius 1 is 0.938 bits per heavy atom. The molecule has 1 N–H and O–H groups in total. The van der Waals surface area contributed by atoms with Gasteiger partial charge in [0, 0.05) is 42.5 Å². The normalized spacial score (nSPS) is 13.8. The van der Waals surface area contributed by atoms with Crippen LogP contribution >= 0.6 is 0 Å². The van der Waals surface area contributed by atoms with E-state index < -0.39 is 4.92 Å². The summed E-state index contributed by atoms with van der Waals surface area (Å²) in [5.74, 6) is 0.624. The molecule has 2 heterocycles. The number of rotatable bonds is 6. The Hall–Kier alpha value is -4.07. The third-order valence-corrected chi connectivity index (χ3v) is 5.31. The van der Waals surface area contributed by atoms with E-state index in [4.69, 9.17) is 0 Å². The summed E-state index contributed by atoms with van der Waals surface area (Å²) in [7, 11) is 0. The second kappa shape index (κ2) is 9.82. The average molecular weight is 429 g/mol. The fourth-order valence-electron chi connectivity index (χ4n) is 3.56. The van der Waals surface area contributed by atoms with Gasteiger partial charge in [-0.1, -0.05) is 12.1 Å². The van der Waals surface area contributed by atoms with Crippen molar-refractivity contribution in [2.75, 3.05) is 23.3 Å². The summed E-state index contributed by atoms with van der Waals surface area (Å²) in [6.07, 6.45) is 6.66. The van der Waals surface area contributed by atoms with Gasteiger partial charge in [0.2, 0.25) is 5.91 Å². The van der Waals surface area contributed by atoms with Crippen LogP contribution in [-0.4, -0.2) is 34.1 Å². The molecule has 3 aromatic rings. The maximum atomic E-state index is 12.2. The van der Waals surface area contributed by atoms with E-state index in [2.05, 4.69) is 20.4 Å². The summed E-state index contributed by atoms with van der Waals surface area (Å²) in [5.41, 5.74) is 3.07. The predicted molar refractivity (Wildman–Crippen MR) is 124 cm³/mol. The minimum absolute atomic E-state index is 0.0116. The lowest BCUT2D eigenvalue weighted by molar-refractivity contribution is -0.384. The first-order valence-electron chi connectivity index (χ1n) is 10.5. The molecule has 4 rings (SSSR count). The van der Waals surface area contributed by atoms with Crippen LogP contribution in [0.25, 0.3) is 17.3 Å². The maximum Gasteiger partial charge on any atom is 0.269 e. The number of carbonyl (C=O) groups is 1. The Morgan fingerprint density at radius 3 is 2.28 bits per heavy atom. The number of nitrogens with zero attached hydrogens (tertiary/aromatic N) is 4. The Kier molecular flexibility index (Phi) is 6.50. The van der Waals surface area contributed by atoms with E-state index >= 15 is 0 Å². The van der Waals surface area contributed by atoms with Crippen molar-refractivity contribution in [2.24, 2.45) is 0 Å². The average Bonchev–Trinajstić information content (AvgIpc) is 2.84. The number of carbonyl (C=O) groups excluding carboxylic acids is 1. The molecule has 1 amide bonds. The van der Waals surface area contributed by atoms with E-state index in [-0.39, 0.29) is 11.6 Å². The van der Waals surface area contributed by atoms with E-state index in [0.29, 0.717) is 11.3 Å². The lowest BCUT2D eigenvalue weighted by Crippen LogP contribution is -2.30. The van der Waals surface area contributed by atoms with E-state index in [0.717, 1.165) is 30.2 Å². The standard InChI is InChI=1S/C24H23N5O3/c30-24(15-6-18-4-11-21(12-5-18)29(31)32)25-20-9-7-19(8-10-20)22-13-14-23(27-26-22)28-16-2-1-3-17-28/h4-15H,1-3,16-17H2,(H,25,30)/b15-6+. The van der Waals surface area contributed by atoms with Crippen molar-refractivity contribution in [3.8, 4) is 11.3 Å². The molecule has 1 aliphatic rings. The lowest BCUT2D eigenvalue weighted by Gasteiger charge is -2.27. The van der Waals surface area contributed by atoms with E-state index in [1.165, 1.54) is 37.5 Å². The number of aromatic nitrogens is 2. The van der Waals surface area contributed by atoms with Crippen LogP contribution in [0.5, 0.6) is 0 Å². The molecule has 2 aromatic carbocycles. The van der Waals surface area contributed by atoms with Crippen LogP contribution in [0.3, 0.4) is 0 Å². The summed E-state index contributed by atoms with van der Waals surface area (Å²) in [5, 5.41) is 22.2. The number of amides is 1. The van der Waals surface area contributed by atoms with Crippen LogP contribution in [0, 0.1) is 10.1 Å². The minimum atomic E-state index is -0.460. The largest absolute Gasteiger partial charge is 0.355 e. The molecule has 0 aliphatic carbocycles. The molecular weight excluding hydrogens is 406 g/mol. The highest BCUT2D eigenvalue weighted by atomic mass is 16.6. The lowest BCUT2D eigenvalue weighted by atomic mass is 10.1. The summed E-state index contributed by atoms with van der Waals surface area (Å²) < 4.78 is 0. The highest BCUT2D eigenvalue weighted by Gasteiger charge is 2.12. The van der Waals surface area contributed by atoms with Crippen molar-refractivity contribution < 1.29 is 9.72 Å². The number of anilines is 2. The van der Waals surface area contributed by atoms with Gasteiger partial charge in [0.05, 0.1) is 10.6 Å². The van der Waals surface area contributed by atoms with Gasteiger partial charge in [-0.15, -0.1) is 10.2 Å². The highest BCUT2D eigenvalue weighted by molar-refractivity contribution is 6.02. The summed E-state index contributed by atoms with van der Waals surface area (Å²) in [6.45, 7) is 2.06. The second-order valence-corrected chi connectivity index (χ2v) is 7.57. The van der Waals surface area contributed by atoms with Gasteiger partial charge in [-0.25, -0.2) is 0 Å². The third-order valence-electron chi connectivity index (χ3n) is 5.31. The van der Waals surface area contributed by atoms with Crippen molar-refractivity contribution in [1.82, 2.24) is 10.2 Å². The zero-order valence-corrected chi connectivity index (χ0v) is 17.5. The number of hydrogen-bond donors (Lipinski definition) is 1. The van der Waals surface area contributed by atoms with Gasteiger partial charge in [0.1, 0.15) is 0 Å². The Labute approximate surface area is 185 Å². The van der Waals surface area contributed by atoms with E-state index in [1.54, 1.807) is 18.2 Å². The number of non-ortho nitro benzene ring substituents is 1. The van der Waals surface area contributed by atoms with E-state index in [9.17, 15) is 14.9 Å². The number of nitrogens with one attached hydrogen (secondary N) is 1. The third kappa shape index (κ3) is 5.34. The quantitative estimate of drug-likeness (QED) is 0.346. The van der Waals surface area contributed by atoms with Crippen molar-refractivity contribution in [1.29, 1.82) is 0 Å². The van der Waals surface area contributed by atoms with Crippen LogP contribution in [0.15, 0.2) is 66.7 Å². The van der Waals surface area contributed by atoms with Gasteiger partial charge in [-0.2, -0.15) is 0 Å². The molecule has 8 nitrogen and oxygen atoms in total. The molecule has 162 valence electrons. The second-order valence-electron chi connectivity index (χ2n) is 7.57. The first kappa shape index (κ1) is 21.2. The molecular formula is C24H23N5O3. The zero-order valence-electron chi connectivity index (χ0n) is 17.5. The molecule has 1 aliphatic heterocycles. The molecule has 0 radical (unpaired) electrons. The van der Waals surface area contributed by atoms with Crippen LogP contribution in [0.1, 0.15) is 24.8 Å². The van der Waals surface area contributed by atoms with Gasteiger partial charge < -0.3 is 10.2 Å².